The van der Waals surface area contributed by atoms with Crippen LogP contribution in [0.2, 0.25) is 0 Å². The number of halogens is 1. The van der Waals surface area contributed by atoms with E-state index in [4.69, 9.17) is 15.4 Å². The number of furan rings is 1. The van der Waals surface area contributed by atoms with Crippen molar-refractivity contribution in [2.24, 2.45) is 0 Å². The zero-order chi connectivity index (χ0) is 60.1. The fourth-order valence-corrected chi connectivity index (χ4v) is 7.04. The second-order valence-corrected chi connectivity index (χ2v) is 14.3. The Balaban J connectivity index is 1.06. The molecule has 5 heteroatoms. The number of fused-ring (bicyclic) bond motifs is 3. The van der Waals surface area contributed by atoms with E-state index in [1.165, 1.54) is 42.5 Å². The van der Waals surface area contributed by atoms with Gasteiger partial charge in [0.05, 0.1) is 29.5 Å². The van der Waals surface area contributed by atoms with Crippen molar-refractivity contribution in [2.45, 2.75) is 45.1 Å². The molecule has 0 bridgehead atoms. The first kappa shape index (κ1) is 23.1. The Morgan fingerprint density at radius 3 is 1.46 bits per heavy atom. The summed E-state index contributed by atoms with van der Waals surface area (Å²) in [5.41, 5.74) is -2.75. The van der Waals surface area contributed by atoms with E-state index < -0.39 is 120 Å². The van der Waals surface area contributed by atoms with Crippen molar-refractivity contribution in [3.8, 4) is 44.9 Å². The zero-order valence-corrected chi connectivity index (χ0v) is 33.1. The van der Waals surface area contributed by atoms with Crippen LogP contribution in [0.3, 0.4) is 0 Å². The molecular weight excluding hydrogens is 774 g/mol. The first-order chi connectivity index (χ1) is 38.8. The molecule has 10 aromatic rings. The molecule has 0 aliphatic carbocycles. The van der Waals surface area contributed by atoms with Crippen molar-refractivity contribution >= 4 is 21.9 Å². The Morgan fingerprint density at radius 1 is 0.476 bits per heavy atom. The predicted molar refractivity (Wildman–Crippen MR) is 255 cm³/mol. The van der Waals surface area contributed by atoms with Gasteiger partial charge in [-0.2, -0.15) is 0 Å². The van der Waals surface area contributed by atoms with Gasteiger partial charge in [-0.3, -0.25) is 15.0 Å². The molecule has 0 amide bonds. The zero-order valence-electron chi connectivity index (χ0n) is 53.1. The summed E-state index contributed by atoms with van der Waals surface area (Å²) < 4.78 is 202. The van der Waals surface area contributed by atoms with E-state index in [1.807, 2.05) is 0 Å². The van der Waals surface area contributed by atoms with E-state index >= 15 is 4.39 Å². The highest BCUT2D eigenvalue weighted by molar-refractivity contribution is 6.12. The first-order valence-electron chi connectivity index (χ1n) is 29.8. The lowest BCUT2D eigenvalue weighted by molar-refractivity contribution is 0.622. The van der Waals surface area contributed by atoms with Crippen LogP contribution in [0.4, 0.5) is 4.39 Å². The summed E-state index contributed by atoms with van der Waals surface area (Å²) in [6.45, 7) is -3.06. The van der Waals surface area contributed by atoms with E-state index in [0.29, 0.717) is 22.5 Å². The fraction of sp³-hybridized carbons (Fsp3) is 0.121. The molecule has 0 atom stereocenters. The number of pyridine rings is 3. The quantitative estimate of drug-likeness (QED) is 0.116. The van der Waals surface area contributed by atoms with Gasteiger partial charge in [0, 0.05) is 66.6 Å². The Hall–Kier alpha value is -7.50. The molecule has 4 nitrogen and oxygen atoms in total. The maximum atomic E-state index is 16.2. The molecule has 0 aliphatic heterocycles. The van der Waals surface area contributed by atoms with Crippen LogP contribution in [0, 0.1) is 12.7 Å². The number of aromatic nitrogens is 3. The van der Waals surface area contributed by atoms with E-state index in [2.05, 4.69) is 15.0 Å². The van der Waals surface area contributed by atoms with E-state index in [9.17, 15) is 16.4 Å². The lowest BCUT2D eigenvalue weighted by Gasteiger charge is -2.12. The Kier molecular flexibility index (Phi) is 6.54. The largest absolute Gasteiger partial charge is 0.455 e. The van der Waals surface area contributed by atoms with Crippen LogP contribution in [-0.4, -0.2) is 15.0 Å². The molecule has 0 fully saturated rings. The normalized spacial score (nSPS) is 17.6. The highest BCUT2D eigenvalue weighted by atomic mass is 19.1. The van der Waals surface area contributed by atoms with Gasteiger partial charge < -0.3 is 4.42 Å². The molecule has 0 spiro atoms. The van der Waals surface area contributed by atoms with E-state index in [0.717, 1.165) is 42.9 Å². The highest BCUT2D eigenvalue weighted by Crippen LogP contribution is 2.40. The average Bonchev–Trinajstić information content (AvgIpc) is 2.18. The standard InChI is InChI=1S/C58H46FN3O/c1-39-15-26-48(27-16-39)56-52(59)29-28-50-49-13-8-14-51(57(49)63-58(50)56)55-32-25-42(38-62-55)19-22-45-34-43(20-17-40-23-30-53(60-36-40)46-9-4-2-5-10-46)33-44(35-45)21-18-41-24-31-54(61-37-41)47-11-6-3-7-12-47/h2-16,23-38H,17-22H2,1H3/i1D3,15D,16D,17D2,18D2,19D2,20D2,21D2,22D2,26D,27D,29D. The first-order valence-corrected chi connectivity index (χ1v) is 19.8. The molecule has 0 N–H and O–H groups in total. The van der Waals surface area contributed by atoms with Gasteiger partial charge in [0.2, 0.25) is 0 Å². The van der Waals surface area contributed by atoms with Gasteiger partial charge in [-0.25, -0.2) is 4.39 Å². The second kappa shape index (κ2) is 17.8. The Bertz CT molecular complexity index is 3980. The molecule has 0 saturated carbocycles. The summed E-state index contributed by atoms with van der Waals surface area (Å²) in [6.07, 6.45) is -15.4. The van der Waals surface area contributed by atoms with Crippen molar-refractivity contribution < 1.29 is 36.2 Å². The topological polar surface area (TPSA) is 51.8 Å². The number of aryl methyl sites for hydroxylation is 6. The van der Waals surface area contributed by atoms with Gasteiger partial charge in [-0.1, -0.05) is 139 Å². The monoisotopic (exact) mass is 839 g/mol. The summed E-state index contributed by atoms with van der Waals surface area (Å²) in [7, 11) is 0. The van der Waals surface area contributed by atoms with Gasteiger partial charge >= 0.3 is 0 Å². The molecule has 10 rings (SSSR count). The van der Waals surface area contributed by atoms with Crippen molar-refractivity contribution in [1.29, 1.82) is 0 Å². The lowest BCUT2D eigenvalue weighted by atomic mass is 9.94. The SMILES string of the molecule is [2H]c1cc2c(oc3c(-c4ccc(C([2H])([2H])C([2H])([2H])c5cc(C([2H])([2H])C([2H])([2H])c6ccc(-c7ccccc7)nc6)cc(C([2H])([2H])C([2H])([2H])c6ccc(-c7ccccc7)nc6)c5)cn4)cccc32)c(-c2c([2H])c([2H])c(C([2H])([2H])[2H])c([2H])c2[2H])c1F. The van der Waals surface area contributed by atoms with Crippen LogP contribution in [-0.2, 0) is 38.2 Å². The minimum Gasteiger partial charge on any atom is -0.455 e. The smallest absolute Gasteiger partial charge is 0.146 e. The highest BCUT2D eigenvalue weighted by Gasteiger charge is 2.19. The van der Waals surface area contributed by atoms with Gasteiger partial charge in [0.1, 0.15) is 17.0 Å². The Morgan fingerprint density at radius 2 is 0.968 bits per heavy atom. The number of para-hydroxylation sites is 1. The van der Waals surface area contributed by atoms with Gasteiger partial charge in [-0.15, -0.1) is 0 Å². The molecule has 0 radical (unpaired) electrons. The number of nitrogens with zero attached hydrogens (tertiary/aromatic N) is 3. The summed E-state index contributed by atoms with van der Waals surface area (Å²) in [6, 6.07) is 30.2. The van der Waals surface area contributed by atoms with Crippen LogP contribution < -0.4 is 0 Å². The summed E-state index contributed by atoms with van der Waals surface area (Å²) in [5.74, 6) is -1.28. The van der Waals surface area contributed by atoms with Gasteiger partial charge in [-0.05, 0) is 120 Å². The third-order valence-electron chi connectivity index (χ3n) is 10.1. The molecule has 306 valence electrons. The molecule has 0 aliphatic rings. The lowest BCUT2D eigenvalue weighted by Crippen LogP contribution is -2.00. The minimum atomic E-state index is -3.26. The van der Waals surface area contributed by atoms with Crippen molar-refractivity contribution in [2.75, 3.05) is 0 Å². The number of hydrogen-bond donors (Lipinski definition) is 0. The van der Waals surface area contributed by atoms with Gasteiger partial charge in [0.25, 0.3) is 0 Å². The van der Waals surface area contributed by atoms with Gasteiger partial charge in [0.15, 0.2) is 0 Å². The third kappa shape index (κ3) is 8.82. The van der Waals surface area contributed by atoms with Crippen LogP contribution in [0.5, 0.6) is 0 Å². The second-order valence-electron chi connectivity index (χ2n) is 14.3. The number of rotatable bonds is 13. The maximum Gasteiger partial charge on any atom is 0.146 e. The number of benzene rings is 6. The fourth-order valence-electron chi connectivity index (χ4n) is 7.04. The molecular formula is C58H46FN3O. The Labute approximate surface area is 395 Å². The minimum absolute atomic E-state index is 0.0140. The van der Waals surface area contributed by atoms with Crippen molar-refractivity contribution in [3.05, 3.63) is 233 Å². The van der Waals surface area contributed by atoms with E-state index in [-0.39, 0.29) is 44.3 Å². The predicted octanol–water partition coefficient (Wildman–Crippen LogP) is 14.2. The average molecular weight is 840 g/mol. The molecule has 0 saturated heterocycles. The third-order valence-corrected chi connectivity index (χ3v) is 10.1. The van der Waals surface area contributed by atoms with Crippen LogP contribution >= 0.6 is 0 Å². The van der Waals surface area contributed by atoms with E-state index in [1.54, 1.807) is 72.8 Å². The molecule has 4 heterocycles. The van der Waals surface area contributed by atoms with Crippen LogP contribution in [0.25, 0.3) is 66.8 Å². The van der Waals surface area contributed by atoms with Crippen molar-refractivity contribution in [1.82, 2.24) is 15.0 Å². The summed E-state index contributed by atoms with van der Waals surface area (Å²) in [4.78, 5) is 13.2. The summed E-state index contributed by atoms with van der Waals surface area (Å²) in [5, 5.41) is 0.372. The van der Waals surface area contributed by atoms with Crippen molar-refractivity contribution in [3.63, 3.8) is 0 Å². The molecule has 4 aromatic heterocycles. The summed E-state index contributed by atoms with van der Waals surface area (Å²) >= 11 is 0. The van der Waals surface area contributed by atoms with Crippen LogP contribution in [0.15, 0.2) is 193 Å². The number of hydrogen-bond acceptors (Lipinski definition) is 4. The molecule has 0 unspecified atom stereocenters. The maximum absolute atomic E-state index is 16.2. The molecule has 63 heavy (non-hydrogen) atoms. The molecule has 6 aromatic carbocycles. The van der Waals surface area contributed by atoms with Crippen LogP contribution in [0.1, 0.15) is 66.4 Å².